The summed E-state index contributed by atoms with van der Waals surface area (Å²) in [5.41, 5.74) is 1.86. The van der Waals surface area contributed by atoms with Gasteiger partial charge in [-0.25, -0.2) is 4.98 Å². The Morgan fingerprint density at radius 3 is 2.68 bits per heavy atom. The molecule has 3 aromatic heterocycles. The molecule has 0 spiro atoms. The maximum absolute atomic E-state index is 8.85. The van der Waals surface area contributed by atoms with E-state index in [9.17, 15) is 0 Å². The first-order valence-corrected chi connectivity index (χ1v) is 9.19. The molecule has 8 nitrogen and oxygen atoms in total. The van der Waals surface area contributed by atoms with Crippen LogP contribution in [0.15, 0.2) is 55.2 Å². The molecule has 0 bridgehead atoms. The van der Waals surface area contributed by atoms with E-state index < -0.39 is 0 Å². The zero-order chi connectivity index (χ0) is 18.9. The number of pyridine rings is 1. The number of nitrogens with zero attached hydrogens (tertiary/aromatic N) is 5. The normalized spacial score (nSPS) is 13.8. The van der Waals surface area contributed by atoms with E-state index in [1.807, 2.05) is 40.8 Å². The van der Waals surface area contributed by atoms with Crippen LogP contribution in [0.4, 0.5) is 0 Å². The van der Waals surface area contributed by atoms with Crippen molar-refractivity contribution in [2.45, 2.75) is 18.9 Å². The second kappa shape index (κ2) is 6.97. The lowest BCUT2D eigenvalue weighted by Crippen LogP contribution is -2.01. The minimum Gasteiger partial charge on any atom is -0.491 e. The van der Waals surface area contributed by atoms with Crippen molar-refractivity contribution < 1.29 is 14.6 Å². The first-order chi connectivity index (χ1) is 13.8. The Hall–Kier alpha value is -3.39. The van der Waals surface area contributed by atoms with Gasteiger partial charge in [-0.15, -0.1) is 10.2 Å². The fraction of sp³-hybridized carbons (Fsp3) is 0.250. The van der Waals surface area contributed by atoms with E-state index in [4.69, 9.17) is 14.6 Å². The Labute approximate surface area is 161 Å². The fourth-order valence-electron chi connectivity index (χ4n) is 3.16. The molecule has 4 aromatic rings. The van der Waals surface area contributed by atoms with Gasteiger partial charge in [0.1, 0.15) is 30.8 Å². The first-order valence-electron chi connectivity index (χ1n) is 9.19. The van der Waals surface area contributed by atoms with Crippen molar-refractivity contribution in [2.75, 3.05) is 13.2 Å². The van der Waals surface area contributed by atoms with E-state index in [1.54, 1.807) is 18.9 Å². The summed E-state index contributed by atoms with van der Waals surface area (Å²) in [6.45, 7) is 0.245. The molecule has 1 aliphatic rings. The lowest BCUT2D eigenvalue weighted by Gasteiger charge is -2.12. The summed E-state index contributed by atoms with van der Waals surface area (Å²) in [7, 11) is 0. The van der Waals surface area contributed by atoms with Crippen molar-refractivity contribution >= 4 is 5.52 Å². The van der Waals surface area contributed by atoms with Gasteiger partial charge in [-0.1, -0.05) is 0 Å². The van der Waals surface area contributed by atoms with Gasteiger partial charge in [-0.2, -0.15) is 0 Å². The molecule has 0 atom stereocenters. The van der Waals surface area contributed by atoms with E-state index >= 15 is 0 Å². The van der Waals surface area contributed by atoms with Crippen LogP contribution in [-0.4, -0.2) is 42.5 Å². The van der Waals surface area contributed by atoms with Crippen molar-refractivity contribution in [2.24, 2.45) is 0 Å². The van der Waals surface area contributed by atoms with Gasteiger partial charge >= 0.3 is 0 Å². The van der Waals surface area contributed by atoms with Crippen molar-refractivity contribution in [3.63, 3.8) is 0 Å². The SMILES string of the molecule is OCCOc1ccc(Oc2cc(-c3nncn3C3CC3)cc3cncn23)cc1. The van der Waals surface area contributed by atoms with Crippen LogP contribution >= 0.6 is 0 Å². The fourth-order valence-corrected chi connectivity index (χ4v) is 3.16. The number of fused-ring (bicyclic) bond motifs is 1. The average Bonchev–Trinajstić information content (AvgIpc) is 3.25. The highest BCUT2D eigenvalue weighted by Gasteiger charge is 2.27. The van der Waals surface area contributed by atoms with Crippen molar-refractivity contribution in [3.05, 3.63) is 55.2 Å². The number of hydrogen-bond donors (Lipinski definition) is 1. The van der Waals surface area contributed by atoms with E-state index in [0.717, 1.165) is 29.7 Å². The van der Waals surface area contributed by atoms with Crippen LogP contribution in [0.3, 0.4) is 0 Å². The molecule has 1 N–H and O–H groups in total. The Morgan fingerprint density at radius 2 is 1.89 bits per heavy atom. The number of aliphatic hydroxyl groups excluding tert-OH is 1. The third-order valence-corrected chi connectivity index (χ3v) is 4.66. The molecule has 28 heavy (non-hydrogen) atoms. The maximum Gasteiger partial charge on any atom is 0.206 e. The van der Waals surface area contributed by atoms with Gasteiger partial charge < -0.3 is 19.1 Å². The van der Waals surface area contributed by atoms with Crippen LogP contribution in [0.5, 0.6) is 17.4 Å². The Kier molecular flexibility index (Phi) is 4.17. The van der Waals surface area contributed by atoms with E-state index in [0.29, 0.717) is 23.4 Å². The molecule has 1 saturated carbocycles. The summed E-state index contributed by atoms with van der Waals surface area (Å²) in [6.07, 6.45) is 7.63. The lowest BCUT2D eigenvalue weighted by molar-refractivity contribution is 0.201. The Morgan fingerprint density at radius 1 is 1.07 bits per heavy atom. The largest absolute Gasteiger partial charge is 0.491 e. The van der Waals surface area contributed by atoms with E-state index in [1.165, 1.54) is 0 Å². The summed E-state index contributed by atoms with van der Waals surface area (Å²) in [4.78, 5) is 4.24. The first kappa shape index (κ1) is 16.8. The molecule has 5 rings (SSSR count). The number of hydrogen-bond acceptors (Lipinski definition) is 6. The molecule has 1 aliphatic carbocycles. The molecule has 8 heteroatoms. The molecule has 1 fully saturated rings. The zero-order valence-corrected chi connectivity index (χ0v) is 15.1. The standard InChI is InChI=1S/C20H19N5O3/c26-7-8-27-17-3-5-18(6-4-17)28-19-10-14(9-16-11-21-12-24(16)19)20-23-22-13-25(20)15-1-2-15/h3-6,9-13,15,26H,1-2,7-8H2. The van der Waals surface area contributed by atoms with Crippen LogP contribution in [0, 0.1) is 0 Å². The molecular weight excluding hydrogens is 358 g/mol. The van der Waals surface area contributed by atoms with E-state index in [-0.39, 0.29) is 13.2 Å². The summed E-state index contributed by atoms with van der Waals surface area (Å²) < 4.78 is 15.5. The van der Waals surface area contributed by atoms with Crippen molar-refractivity contribution in [1.29, 1.82) is 0 Å². The minimum atomic E-state index is -0.0187. The highest BCUT2D eigenvalue weighted by Crippen LogP contribution is 2.38. The molecule has 0 aliphatic heterocycles. The van der Waals surface area contributed by atoms with Gasteiger partial charge in [-0.3, -0.25) is 4.40 Å². The van der Waals surface area contributed by atoms with Crippen LogP contribution < -0.4 is 9.47 Å². The van der Waals surface area contributed by atoms with Gasteiger partial charge in [0, 0.05) is 17.7 Å². The molecular formula is C20H19N5O3. The maximum atomic E-state index is 8.85. The number of rotatable bonds is 7. The quantitative estimate of drug-likeness (QED) is 0.533. The third kappa shape index (κ3) is 3.18. The average molecular weight is 377 g/mol. The smallest absolute Gasteiger partial charge is 0.206 e. The Balaban J connectivity index is 1.48. The molecule has 1 aromatic carbocycles. The minimum absolute atomic E-state index is 0.0187. The predicted octanol–water partition coefficient (Wildman–Crippen LogP) is 3.09. The zero-order valence-electron chi connectivity index (χ0n) is 15.1. The molecule has 0 unspecified atom stereocenters. The van der Waals surface area contributed by atoms with Crippen molar-refractivity contribution in [3.8, 4) is 28.8 Å². The van der Waals surface area contributed by atoms with E-state index in [2.05, 4.69) is 19.7 Å². The van der Waals surface area contributed by atoms with Gasteiger partial charge in [0.05, 0.1) is 18.3 Å². The molecule has 0 saturated heterocycles. The lowest BCUT2D eigenvalue weighted by atomic mass is 10.2. The van der Waals surface area contributed by atoms with Gasteiger partial charge in [0.25, 0.3) is 0 Å². The van der Waals surface area contributed by atoms with Gasteiger partial charge in [0.2, 0.25) is 5.88 Å². The number of aliphatic hydroxyl groups is 1. The summed E-state index contributed by atoms with van der Waals surface area (Å²) >= 11 is 0. The highest BCUT2D eigenvalue weighted by atomic mass is 16.5. The summed E-state index contributed by atoms with van der Waals surface area (Å²) in [6, 6.07) is 11.8. The van der Waals surface area contributed by atoms with Crippen LogP contribution in [0.1, 0.15) is 18.9 Å². The Bertz CT molecular complexity index is 1100. The van der Waals surface area contributed by atoms with Crippen LogP contribution in [-0.2, 0) is 0 Å². The third-order valence-electron chi connectivity index (χ3n) is 4.66. The number of benzene rings is 1. The highest BCUT2D eigenvalue weighted by molar-refractivity contribution is 5.66. The van der Waals surface area contributed by atoms with Crippen LogP contribution in [0.2, 0.25) is 0 Å². The molecule has 0 amide bonds. The summed E-state index contributed by atoms with van der Waals surface area (Å²) in [5.74, 6) is 2.83. The van der Waals surface area contributed by atoms with Crippen LogP contribution in [0.25, 0.3) is 16.9 Å². The summed E-state index contributed by atoms with van der Waals surface area (Å²) in [5, 5.41) is 17.3. The second-order valence-electron chi connectivity index (χ2n) is 6.71. The predicted molar refractivity (Wildman–Crippen MR) is 102 cm³/mol. The number of aromatic nitrogens is 5. The number of ether oxygens (including phenoxy) is 2. The molecule has 142 valence electrons. The number of imidazole rings is 1. The van der Waals surface area contributed by atoms with Crippen molar-refractivity contribution in [1.82, 2.24) is 24.1 Å². The van der Waals surface area contributed by atoms with Gasteiger partial charge in [-0.05, 0) is 43.2 Å². The second-order valence-corrected chi connectivity index (χ2v) is 6.71. The molecule has 0 radical (unpaired) electrons. The topological polar surface area (TPSA) is 86.7 Å². The molecule has 3 heterocycles. The monoisotopic (exact) mass is 377 g/mol. The van der Waals surface area contributed by atoms with Gasteiger partial charge in [0.15, 0.2) is 5.82 Å².